The lowest BCUT2D eigenvalue weighted by Crippen LogP contribution is -2.19. The second-order valence-electron chi connectivity index (χ2n) is 3.30. The summed E-state index contributed by atoms with van der Waals surface area (Å²) in [6.45, 7) is 1.77. The van der Waals surface area contributed by atoms with Crippen molar-refractivity contribution in [2.75, 3.05) is 29.1 Å². The number of nitrogens with one attached hydrogen (secondary N) is 1. The van der Waals surface area contributed by atoms with Crippen LogP contribution < -0.4 is 16.8 Å². The first-order valence-electron chi connectivity index (χ1n) is 4.86. The van der Waals surface area contributed by atoms with Crippen LogP contribution in [0.5, 0.6) is 0 Å². The first-order valence-corrected chi connectivity index (χ1v) is 7.46. The van der Waals surface area contributed by atoms with Crippen LogP contribution in [0.15, 0.2) is 0 Å². The smallest absolute Gasteiger partial charge is 0.255 e. The Morgan fingerprint density at radius 3 is 2.71 bits per heavy atom. The van der Waals surface area contributed by atoms with Crippen LogP contribution in [-0.4, -0.2) is 36.7 Å². The van der Waals surface area contributed by atoms with E-state index in [1.165, 1.54) is 0 Å². The van der Waals surface area contributed by atoms with Gasteiger partial charge in [-0.25, -0.2) is 8.42 Å². The molecule has 0 aliphatic rings. The number of carbonyl (C=O) groups excluding carboxylic acids is 1. The molecule has 17 heavy (non-hydrogen) atoms. The lowest BCUT2D eigenvalue weighted by Gasteiger charge is -2.04. The highest BCUT2D eigenvalue weighted by molar-refractivity contribution is 7.91. The van der Waals surface area contributed by atoms with E-state index in [4.69, 9.17) is 11.5 Å². The molecule has 0 radical (unpaired) electrons. The summed E-state index contributed by atoms with van der Waals surface area (Å²) in [5, 5.41) is 3.21. The molecular formula is C8H14N4O3S2. The number of nitrogen functional groups attached to an aromatic ring is 1. The number of hydrogen-bond acceptors (Lipinski definition) is 7. The van der Waals surface area contributed by atoms with Gasteiger partial charge in [-0.05, 0) is 11.5 Å². The van der Waals surface area contributed by atoms with E-state index < -0.39 is 15.7 Å². The highest BCUT2D eigenvalue weighted by Crippen LogP contribution is 2.25. The van der Waals surface area contributed by atoms with E-state index in [0.29, 0.717) is 5.00 Å². The SMILES string of the molecule is CCS(=O)(=O)CCNc1snc(N)c1C(N)=O. The fourth-order valence-electron chi connectivity index (χ4n) is 1.13. The average molecular weight is 278 g/mol. The van der Waals surface area contributed by atoms with Gasteiger partial charge in [0.05, 0.1) is 5.75 Å². The minimum atomic E-state index is -3.04. The van der Waals surface area contributed by atoms with Crippen LogP contribution in [0.4, 0.5) is 10.8 Å². The quantitative estimate of drug-likeness (QED) is 0.653. The van der Waals surface area contributed by atoms with Crippen molar-refractivity contribution in [2.45, 2.75) is 6.92 Å². The Labute approximate surface area is 103 Å². The van der Waals surface area contributed by atoms with Crippen molar-refractivity contribution in [3.63, 3.8) is 0 Å². The Balaban J connectivity index is 2.68. The minimum Gasteiger partial charge on any atom is -0.382 e. The second-order valence-corrected chi connectivity index (χ2v) is 6.55. The zero-order chi connectivity index (χ0) is 13.1. The zero-order valence-electron chi connectivity index (χ0n) is 9.26. The van der Waals surface area contributed by atoms with E-state index in [1.807, 2.05) is 0 Å². The van der Waals surface area contributed by atoms with E-state index >= 15 is 0 Å². The van der Waals surface area contributed by atoms with Crippen LogP contribution in [0.25, 0.3) is 0 Å². The van der Waals surface area contributed by atoms with Crippen LogP contribution in [0.3, 0.4) is 0 Å². The summed E-state index contributed by atoms with van der Waals surface area (Å²) in [6.07, 6.45) is 0. The monoisotopic (exact) mass is 278 g/mol. The van der Waals surface area contributed by atoms with Gasteiger partial charge >= 0.3 is 0 Å². The van der Waals surface area contributed by atoms with Gasteiger partial charge in [0.1, 0.15) is 10.6 Å². The van der Waals surface area contributed by atoms with Crippen LogP contribution in [-0.2, 0) is 9.84 Å². The molecule has 0 spiro atoms. The molecule has 0 saturated carbocycles. The molecule has 0 aromatic carbocycles. The van der Waals surface area contributed by atoms with Gasteiger partial charge in [0.2, 0.25) is 0 Å². The Bertz CT molecular complexity index is 509. The Kier molecular flexibility index (Phi) is 4.29. The van der Waals surface area contributed by atoms with Gasteiger partial charge in [0.25, 0.3) is 5.91 Å². The van der Waals surface area contributed by atoms with E-state index in [2.05, 4.69) is 9.69 Å². The van der Waals surface area contributed by atoms with Crippen molar-refractivity contribution in [1.29, 1.82) is 0 Å². The van der Waals surface area contributed by atoms with E-state index in [9.17, 15) is 13.2 Å². The van der Waals surface area contributed by atoms with Crippen molar-refractivity contribution < 1.29 is 13.2 Å². The second kappa shape index (κ2) is 5.32. The van der Waals surface area contributed by atoms with Gasteiger partial charge in [0.15, 0.2) is 15.7 Å². The number of sulfone groups is 1. The summed E-state index contributed by atoms with van der Waals surface area (Å²) >= 11 is 0.981. The molecule has 1 aromatic heterocycles. The van der Waals surface area contributed by atoms with Crippen molar-refractivity contribution in [1.82, 2.24) is 4.37 Å². The molecule has 0 unspecified atom stereocenters. The zero-order valence-corrected chi connectivity index (χ0v) is 10.9. The van der Waals surface area contributed by atoms with Gasteiger partial charge in [0, 0.05) is 12.3 Å². The average Bonchev–Trinajstić information content (AvgIpc) is 2.59. The number of hydrogen-bond donors (Lipinski definition) is 3. The maximum absolute atomic E-state index is 11.2. The highest BCUT2D eigenvalue weighted by atomic mass is 32.2. The number of carbonyl (C=O) groups is 1. The maximum Gasteiger partial charge on any atom is 0.255 e. The predicted molar refractivity (Wildman–Crippen MR) is 67.9 cm³/mol. The van der Waals surface area contributed by atoms with Gasteiger partial charge < -0.3 is 16.8 Å². The molecule has 1 heterocycles. The van der Waals surface area contributed by atoms with Crippen molar-refractivity contribution in [2.24, 2.45) is 5.73 Å². The Morgan fingerprint density at radius 2 is 2.18 bits per heavy atom. The summed E-state index contributed by atoms with van der Waals surface area (Å²) in [5.41, 5.74) is 10.7. The summed E-state index contributed by atoms with van der Waals surface area (Å²) in [4.78, 5) is 11.1. The first-order chi connectivity index (χ1) is 7.87. The largest absolute Gasteiger partial charge is 0.382 e. The van der Waals surface area contributed by atoms with Crippen molar-refractivity contribution in [3.05, 3.63) is 5.56 Å². The highest BCUT2D eigenvalue weighted by Gasteiger charge is 2.16. The van der Waals surface area contributed by atoms with Crippen LogP contribution >= 0.6 is 11.5 Å². The van der Waals surface area contributed by atoms with Gasteiger partial charge in [-0.1, -0.05) is 6.92 Å². The number of rotatable bonds is 6. The number of amides is 1. The minimum absolute atomic E-state index is 0.0144. The molecule has 1 amide bonds. The fraction of sp³-hybridized carbons (Fsp3) is 0.500. The molecule has 9 heteroatoms. The third-order valence-corrected chi connectivity index (χ3v) is 4.63. The molecule has 0 aliphatic heterocycles. The summed E-state index contributed by atoms with van der Waals surface area (Å²) < 4.78 is 26.3. The van der Waals surface area contributed by atoms with E-state index in [-0.39, 0.29) is 29.4 Å². The third-order valence-electron chi connectivity index (χ3n) is 2.10. The number of primary amides is 1. The van der Waals surface area contributed by atoms with Gasteiger partial charge in [-0.2, -0.15) is 4.37 Å². The fourth-order valence-corrected chi connectivity index (χ4v) is 2.57. The lowest BCUT2D eigenvalue weighted by atomic mass is 10.3. The summed E-state index contributed by atoms with van der Waals surface area (Å²) in [5.74, 6) is -0.553. The number of aromatic nitrogens is 1. The molecule has 1 aromatic rings. The number of nitrogens with zero attached hydrogens (tertiary/aromatic N) is 1. The molecule has 0 saturated heterocycles. The molecule has 0 bridgehead atoms. The number of nitrogens with two attached hydrogens (primary N) is 2. The third kappa shape index (κ3) is 3.56. The van der Waals surface area contributed by atoms with Gasteiger partial charge in [-0.3, -0.25) is 4.79 Å². The molecule has 0 fully saturated rings. The normalized spacial score (nSPS) is 11.4. The Morgan fingerprint density at radius 1 is 1.53 bits per heavy atom. The molecule has 7 nitrogen and oxygen atoms in total. The summed E-state index contributed by atoms with van der Waals surface area (Å²) in [7, 11) is -3.04. The van der Waals surface area contributed by atoms with E-state index in [0.717, 1.165) is 11.5 Å². The Hall–Kier alpha value is -1.35. The standard InChI is InChI=1S/C8H14N4O3S2/c1-2-17(14,15)4-3-11-8-5(7(10)13)6(9)12-16-8/h11H,2-4H2,1H3,(H2,9,12)(H2,10,13). The number of anilines is 2. The molecule has 0 aliphatic carbocycles. The van der Waals surface area contributed by atoms with Crippen LogP contribution in [0, 0.1) is 0 Å². The topological polar surface area (TPSA) is 128 Å². The lowest BCUT2D eigenvalue weighted by molar-refractivity contribution is 0.100. The molecule has 0 atom stereocenters. The molecule has 96 valence electrons. The maximum atomic E-state index is 11.2. The van der Waals surface area contributed by atoms with Gasteiger partial charge in [-0.15, -0.1) is 0 Å². The van der Waals surface area contributed by atoms with Crippen molar-refractivity contribution >= 4 is 38.1 Å². The predicted octanol–water partition coefficient (Wildman–Crippen LogP) is -0.329. The molecule has 1 rings (SSSR count). The molecular weight excluding hydrogens is 264 g/mol. The van der Waals surface area contributed by atoms with E-state index in [1.54, 1.807) is 6.92 Å². The van der Waals surface area contributed by atoms with Crippen LogP contribution in [0.1, 0.15) is 17.3 Å². The van der Waals surface area contributed by atoms with Crippen molar-refractivity contribution in [3.8, 4) is 0 Å². The first kappa shape index (κ1) is 13.7. The summed E-state index contributed by atoms with van der Waals surface area (Å²) in [6, 6.07) is 0. The van der Waals surface area contributed by atoms with Crippen LogP contribution in [0.2, 0.25) is 0 Å². The molecule has 5 N–H and O–H groups in total.